The summed E-state index contributed by atoms with van der Waals surface area (Å²) in [6.07, 6.45) is 2.69. The van der Waals surface area contributed by atoms with Gasteiger partial charge < -0.3 is 9.30 Å². The second-order valence-electron chi connectivity index (χ2n) is 5.55. The first-order valence-corrected chi connectivity index (χ1v) is 7.45. The van der Waals surface area contributed by atoms with E-state index < -0.39 is 0 Å². The van der Waals surface area contributed by atoms with Gasteiger partial charge in [-0.2, -0.15) is 0 Å². The van der Waals surface area contributed by atoms with E-state index in [2.05, 4.69) is 4.98 Å². The average molecular weight is 297 g/mol. The molecule has 5 heteroatoms. The minimum atomic E-state index is -0.200. The molecule has 1 aromatic carbocycles. The molecule has 1 unspecified atom stereocenters. The number of nitrogens with zero attached hydrogens (tertiary/aromatic N) is 3. The summed E-state index contributed by atoms with van der Waals surface area (Å²) in [5, 5.41) is 0. The Hall–Kier alpha value is -2.27. The summed E-state index contributed by atoms with van der Waals surface area (Å²) < 4.78 is 21.5. The van der Waals surface area contributed by atoms with E-state index in [0.29, 0.717) is 18.7 Å². The van der Waals surface area contributed by atoms with Crippen LogP contribution in [-0.2, 0) is 11.3 Å². The van der Waals surface area contributed by atoms with Gasteiger partial charge in [0.2, 0.25) is 0 Å². The maximum absolute atomic E-state index is 14.0. The van der Waals surface area contributed by atoms with Crippen LogP contribution in [0.1, 0.15) is 23.7 Å². The van der Waals surface area contributed by atoms with E-state index >= 15 is 0 Å². The van der Waals surface area contributed by atoms with Crippen LogP contribution in [0.25, 0.3) is 11.2 Å². The van der Waals surface area contributed by atoms with Crippen LogP contribution in [0, 0.1) is 5.82 Å². The summed E-state index contributed by atoms with van der Waals surface area (Å²) in [5.41, 5.74) is 2.29. The molecule has 0 N–H and O–H groups in total. The highest BCUT2D eigenvalue weighted by molar-refractivity contribution is 5.71. The molecule has 1 fully saturated rings. The van der Waals surface area contributed by atoms with Crippen molar-refractivity contribution in [3.05, 3.63) is 59.8 Å². The molecule has 3 heterocycles. The number of pyridine rings is 1. The van der Waals surface area contributed by atoms with Gasteiger partial charge in [-0.25, -0.2) is 14.4 Å². The summed E-state index contributed by atoms with van der Waals surface area (Å²) in [5.74, 6) is 0.990. The van der Waals surface area contributed by atoms with Crippen LogP contribution in [0.4, 0.5) is 4.39 Å². The van der Waals surface area contributed by atoms with Gasteiger partial charge in [0.15, 0.2) is 5.65 Å². The Balaban J connectivity index is 1.83. The molecule has 2 aromatic heterocycles. The van der Waals surface area contributed by atoms with Crippen LogP contribution in [0.5, 0.6) is 0 Å². The molecule has 0 bridgehead atoms. The minimum absolute atomic E-state index is 0.200. The summed E-state index contributed by atoms with van der Waals surface area (Å²) in [6.45, 7) is 1.85. The first-order valence-electron chi connectivity index (χ1n) is 7.45. The number of hydrogen-bond acceptors (Lipinski definition) is 3. The van der Waals surface area contributed by atoms with Gasteiger partial charge in [-0.05, 0) is 24.6 Å². The molecule has 1 saturated heterocycles. The molecule has 4 nitrogen and oxygen atoms in total. The van der Waals surface area contributed by atoms with Crippen LogP contribution in [-0.4, -0.2) is 27.7 Å². The molecule has 0 saturated carbocycles. The molecule has 4 rings (SSSR count). The van der Waals surface area contributed by atoms with Crippen LogP contribution < -0.4 is 0 Å². The normalized spacial score (nSPS) is 18.1. The zero-order valence-corrected chi connectivity index (χ0v) is 12.1. The predicted octanol–water partition coefficient (Wildman–Crippen LogP) is 3.12. The van der Waals surface area contributed by atoms with Crippen molar-refractivity contribution >= 4 is 11.2 Å². The average Bonchev–Trinajstić information content (AvgIpc) is 3.17. The van der Waals surface area contributed by atoms with Crippen molar-refractivity contribution in [3.8, 4) is 0 Å². The van der Waals surface area contributed by atoms with E-state index in [0.717, 1.165) is 30.0 Å². The molecular formula is C17H16FN3O. The number of rotatable bonds is 3. The lowest BCUT2D eigenvalue weighted by Gasteiger charge is -2.12. The van der Waals surface area contributed by atoms with E-state index in [1.807, 2.05) is 22.8 Å². The van der Waals surface area contributed by atoms with Crippen molar-refractivity contribution in [1.29, 1.82) is 0 Å². The fourth-order valence-corrected chi connectivity index (χ4v) is 2.98. The molecule has 112 valence electrons. The number of aromatic nitrogens is 3. The molecular weight excluding hydrogens is 281 g/mol. The highest BCUT2D eigenvalue weighted by atomic mass is 19.1. The quantitative estimate of drug-likeness (QED) is 0.745. The van der Waals surface area contributed by atoms with Crippen molar-refractivity contribution in [3.63, 3.8) is 0 Å². The van der Waals surface area contributed by atoms with E-state index in [1.54, 1.807) is 18.3 Å². The second kappa shape index (κ2) is 5.50. The Morgan fingerprint density at radius 2 is 2.14 bits per heavy atom. The van der Waals surface area contributed by atoms with Gasteiger partial charge in [0.25, 0.3) is 0 Å². The number of ether oxygens (including phenoxy) is 1. The number of hydrogen-bond donors (Lipinski definition) is 0. The third kappa shape index (κ3) is 2.27. The molecule has 1 atom stereocenters. The SMILES string of the molecule is Fc1ccccc1Cn1c(C2CCOC2)nc2cccnc21. The lowest BCUT2D eigenvalue weighted by molar-refractivity contribution is 0.193. The summed E-state index contributed by atoms with van der Waals surface area (Å²) in [7, 11) is 0. The maximum Gasteiger partial charge on any atom is 0.160 e. The summed E-state index contributed by atoms with van der Waals surface area (Å²) in [6, 6.07) is 10.7. The van der Waals surface area contributed by atoms with E-state index in [4.69, 9.17) is 9.72 Å². The summed E-state index contributed by atoms with van der Waals surface area (Å²) >= 11 is 0. The van der Waals surface area contributed by atoms with Gasteiger partial charge in [-0.15, -0.1) is 0 Å². The molecule has 1 aliphatic heterocycles. The standard InChI is InChI=1S/C17H16FN3O/c18-14-5-2-1-4-12(14)10-21-16(13-7-9-22-11-13)20-15-6-3-8-19-17(15)21/h1-6,8,13H,7,9-11H2. The van der Waals surface area contributed by atoms with Gasteiger partial charge >= 0.3 is 0 Å². The topological polar surface area (TPSA) is 39.9 Å². The lowest BCUT2D eigenvalue weighted by atomic mass is 10.1. The fourth-order valence-electron chi connectivity index (χ4n) is 2.98. The van der Waals surface area contributed by atoms with Crippen molar-refractivity contribution in [2.24, 2.45) is 0 Å². The van der Waals surface area contributed by atoms with E-state index in [9.17, 15) is 4.39 Å². The summed E-state index contributed by atoms with van der Waals surface area (Å²) in [4.78, 5) is 9.15. The van der Waals surface area contributed by atoms with Crippen molar-refractivity contribution < 1.29 is 9.13 Å². The van der Waals surface area contributed by atoms with Crippen molar-refractivity contribution in [1.82, 2.24) is 14.5 Å². The first-order chi connectivity index (χ1) is 10.8. The van der Waals surface area contributed by atoms with Gasteiger partial charge in [-0.3, -0.25) is 0 Å². The van der Waals surface area contributed by atoms with Crippen LogP contribution in [0.3, 0.4) is 0 Å². The molecule has 0 aliphatic carbocycles. The first kappa shape index (κ1) is 13.4. The second-order valence-corrected chi connectivity index (χ2v) is 5.55. The third-order valence-electron chi connectivity index (χ3n) is 4.11. The molecule has 0 amide bonds. The zero-order chi connectivity index (χ0) is 14.9. The largest absolute Gasteiger partial charge is 0.381 e. The van der Waals surface area contributed by atoms with Gasteiger partial charge in [-0.1, -0.05) is 18.2 Å². The Bertz CT molecular complexity index is 809. The van der Waals surface area contributed by atoms with Gasteiger partial charge in [0, 0.05) is 24.3 Å². The molecule has 3 aromatic rings. The van der Waals surface area contributed by atoms with Crippen LogP contribution in [0.15, 0.2) is 42.6 Å². The Kier molecular flexibility index (Phi) is 3.35. The Morgan fingerprint density at radius 1 is 1.23 bits per heavy atom. The number of fused-ring (bicyclic) bond motifs is 1. The number of benzene rings is 1. The lowest BCUT2D eigenvalue weighted by Crippen LogP contribution is -2.11. The Morgan fingerprint density at radius 3 is 2.95 bits per heavy atom. The van der Waals surface area contributed by atoms with E-state index in [-0.39, 0.29) is 11.7 Å². The van der Waals surface area contributed by atoms with Gasteiger partial charge in [0.05, 0.1) is 13.2 Å². The minimum Gasteiger partial charge on any atom is -0.381 e. The maximum atomic E-state index is 14.0. The van der Waals surface area contributed by atoms with Crippen LogP contribution in [0.2, 0.25) is 0 Å². The smallest absolute Gasteiger partial charge is 0.160 e. The molecule has 0 radical (unpaired) electrons. The fraction of sp³-hybridized carbons (Fsp3) is 0.294. The van der Waals surface area contributed by atoms with Gasteiger partial charge in [0.1, 0.15) is 17.2 Å². The Labute approximate surface area is 127 Å². The molecule has 22 heavy (non-hydrogen) atoms. The van der Waals surface area contributed by atoms with Crippen LogP contribution >= 0.6 is 0 Å². The molecule has 0 spiro atoms. The predicted molar refractivity (Wildman–Crippen MR) is 81.2 cm³/mol. The third-order valence-corrected chi connectivity index (χ3v) is 4.11. The van der Waals surface area contributed by atoms with Crippen molar-refractivity contribution in [2.45, 2.75) is 18.9 Å². The highest BCUT2D eigenvalue weighted by Crippen LogP contribution is 2.28. The number of imidazole rings is 1. The highest BCUT2D eigenvalue weighted by Gasteiger charge is 2.25. The number of halogens is 1. The monoisotopic (exact) mass is 297 g/mol. The zero-order valence-electron chi connectivity index (χ0n) is 12.1. The molecule has 1 aliphatic rings. The van der Waals surface area contributed by atoms with Crippen molar-refractivity contribution in [2.75, 3.05) is 13.2 Å². The van der Waals surface area contributed by atoms with E-state index in [1.165, 1.54) is 6.07 Å².